The molecule has 0 aromatic carbocycles. The summed E-state index contributed by atoms with van der Waals surface area (Å²) in [6.45, 7) is 2.31. The van der Waals surface area contributed by atoms with Crippen molar-refractivity contribution in [3.63, 3.8) is 0 Å². The maximum Gasteiger partial charge on any atom is 0.199 e. The second-order valence-electron chi connectivity index (χ2n) is 2.13. The minimum absolute atomic E-state index is 0.150. The predicted octanol–water partition coefficient (Wildman–Crippen LogP) is 1.27. The fourth-order valence-corrected chi connectivity index (χ4v) is 0.844. The van der Waals surface area contributed by atoms with Crippen LogP contribution in [0.1, 0.15) is 19.8 Å². The third-order valence-corrected chi connectivity index (χ3v) is 1.32. The summed E-state index contributed by atoms with van der Waals surface area (Å²) in [5.41, 5.74) is 0.845. The first-order valence-corrected chi connectivity index (χ1v) is 3.18. The second-order valence-corrected chi connectivity index (χ2v) is 2.13. The van der Waals surface area contributed by atoms with E-state index in [0.29, 0.717) is 0 Å². The summed E-state index contributed by atoms with van der Waals surface area (Å²) in [5, 5.41) is 0. The zero-order valence-electron chi connectivity index (χ0n) is 5.52. The van der Waals surface area contributed by atoms with Crippen molar-refractivity contribution in [1.82, 2.24) is 0 Å². The van der Waals surface area contributed by atoms with Crippen LogP contribution in [0, 0.1) is 0 Å². The third kappa shape index (κ3) is 1.31. The topological polar surface area (TPSA) is 26.3 Å². The van der Waals surface area contributed by atoms with E-state index < -0.39 is 0 Å². The molecule has 0 amide bonds. The SMILES string of the molecule is CCCC1=COCC1=O. The van der Waals surface area contributed by atoms with Gasteiger partial charge in [-0.1, -0.05) is 13.3 Å². The highest BCUT2D eigenvalue weighted by atomic mass is 16.5. The number of Topliss-reactive ketones (excluding diaryl/α,β-unsaturated/α-hetero) is 1. The first kappa shape index (κ1) is 6.33. The molecule has 0 N–H and O–H groups in total. The van der Waals surface area contributed by atoms with Gasteiger partial charge in [0.15, 0.2) is 5.78 Å². The van der Waals surface area contributed by atoms with Gasteiger partial charge in [-0.05, 0) is 6.42 Å². The lowest BCUT2D eigenvalue weighted by Gasteiger charge is -1.90. The Bertz CT molecular complexity index is 147. The molecule has 0 aliphatic carbocycles. The highest BCUT2D eigenvalue weighted by Gasteiger charge is 2.14. The number of ketones is 1. The molecular formula is C7H10O2. The lowest BCUT2D eigenvalue weighted by atomic mass is 10.1. The summed E-state index contributed by atoms with van der Waals surface area (Å²) in [5.74, 6) is 0.150. The fourth-order valence-electron chi connectivity index (χ4n) is 0.844. The van der Waals surface area contributed by atoms with Crippen molar-refractivity contribution in [2.24, 2.45) is 0 Å². The summed E-state index contributed by atoms with van der Waals surface area (Å²) in [6, 6.07) is 0. The van der Waals surface area contributed by atoms with Gasteiger partial charge < -0.3 is 4.74 Å². The van der Waals surface area contributed by atoms with Crippen molar-refractivity contribution in [2.45, 2.75) is 19.8 Å². The Morgan fingerprint density at radius 3 is 3.00 bits per heavy atom. The van der Waals surface area contributed by atoms with Gasteiger partial charge in [0, 0.05) is 5.57 Å². The lowest BCUT2D eigenvalue weighted by Crippen LogP contribution is -2.00. The largest absolute Gasteiger partial charge is 0.493 e. The maximum absolute atomic E-state index is 10.8. The van der Waals surface area contributed by atoms with Gasteiger partial charge in [-0.2, -0.15) is 0 Å². The molecule has 0 atom stereocenters. The molecule has 0 saturated heterocycles. The molecule has 1 aliphatic rings. The Morgan fingerprint density at radius 1 is 1.78 bits per heavy atom. The van der Waals surface area contributed by atoms with Crippen molar-refractivity contribution in [3.8, 4) is 0 Å². The summed E-state index contributed by atoms with van der Waals surface area (Å²) in [6.07, 6.45) is 3.45. The quantitative estimate of drug-likeness (QED) is 0.557. The van der Waals surface area contributed by atoms with E-state index in [1.54, 1.807) is 6.26 Å². The van der Waals surface area contributed by atoms with Gasteiger partial charge in [0.25, 0.3) is 0 Å². The number of hydrogen-bond acceptors (Lipinski definition) is 2. The molecule has 0 spiro atoms. The first-order chi connectivity index (χ1) is 4.34. The minimum Gasteiger partial charge on any atom is -0.493 e. The fraction of sp³-hybridized carbons (Fsp3) is 0.571. The van der Waals surface area contributed by atoms with Crippen molar-refractivity contribution in [2.75, 3.05) is 6.61 Å². The minimum atomic E-state index is 0.150. The molecule has 0 unspecified atom stereocenters. The van der Waals surface area contributed by atoms with E-state index in [2.05, 4.69) is 0 Å². The zero-order valence-corrected chi connectivity index (χ0v) is 5.52. The van der Waals surface area contributed by atoms with Crippen LogP contribution in [0.3, 0.4) is 0 Å². The molecule has 0 saturated carbocycles. The molecule has 50 valence electrons. The number of ether oxygens (including phenoxy) is 1. The highest BCUT2D eigenvalue weighted by Crippen LogP contribution is 2.11. The third-order valence-electron chi connectivity index (χ3n) is 1.32. The Kier molecular flexibility index (Phi) is 1.88. The van der Waals surface area contributed by atoms with Crippen molar-refractivity contribution in [1.29, 1.82) is 0 Å². The Labute approximate surface area is 54.5 Å². The van der Waals surface area contributed by atoms with Crippen LogP contribution in [0.25, 0.3) is 0 Å². The van der Waals surface area contributed by atoms with Gasteiger partial charge in [0.05, 0.1) is 6.26 Å². The maximum atomic E-state index is 10.8. The molecule has 0 fully saturated rings. The predicted molar refractivity (Wildman–Crippen MR) is 33.9 cm³/mol. The van der Waals surface area contributed by atoms with Gasteiger partial charge in [-0.25, -0.2) is 0 Å². The van der Waals surface area contributed by atoms with E-state index in [1.165, 1.54) is 0 Å². The molecule has 0 aromatic heterocycles. The number of carbonyl (C=O) groups excluding carboxylic acids is 1. The highest BCUT2D eigenvalue weighted by molar-refractivity contribution is 5.97. The van der Waals surface area contributed by atoms with Gasteiger partial charge >= 0.3 is 0 Å². The molecule has 2 nitrogen and oxygen atoms in total. The summed E-state index contributed by atoms with van der Waals surface area (Å²) in [4.78, 5) is 10.8. The van der Waals surface area contributed by atoms with Gasteiger partial charge in [-0.3, -0.25) is 4.79 Å². The van der Waals surface area contributed by atoms with Gasteiger partial charge in [-0.15, -0.1) is 0 Å². The average molecular weight is 126 g/mol. The molecular weight excluding hydrogens is 116 g/mol. The van der Waals surface area contributed by atoms with Crippen LogP contribution in [0.2, 0.25) is 0 Å². The molecule has 0 bridgehead atoms. The van der Waals surface area contributed by atoms with Crippen molar-refractivity contribution >= 4 is 5.78 Å². The second kappa shape index (κ2) is 2.67. The number of carbonyl (C=O) groups is 1. The Morgan fingerprint density at radius 2 is 2.56 bits per heavy atom. The summed E-state index contributed by atoms with van der Waals surface area (Å²) >= 11 is 0. The van der Waals surface area contributed by atoms with Crippen LogP contribution in [-0.4, -0.2) is 12.4 Å². The normalized spacial score (nSPS) is 17.4. The Balaban J connectivity index is 2.47. The van der Waals surface area contributed by atoms with E-state index in [0.717, 1.165) is 18.4 Å². The van der Waals surface area contributed by atoms with Gasteiger partial charge in [0.1, 0.15) is 6.61 Å². The van der Waals surface area contributed by atoms with Crippen LogP contribution in [-0.2, 0) is 9.53 Å². The summed E-state index contributed by atoms with van der Waals surface area (Å²) in [7, 11) is 0. The molecule has 1 rings (SSSR count). The standard InChI is InChI=1S/C7H10O2/c1-2-3-6-4-9-5-7(6)8/h4H,2-3,5H2,1H3. The van der Waals surface area contributed by atoms with Crippen molar-refractivity contribution < 1.29 is 9.53 Å². The van der Waals surface area contributed by atoms with E-state index in [-0.39, 0.29) is 12.4 Å². The monoisotopic (exact) mass is 126 g/mol. The zero-order chi connectivity index (χ0) is 6.69. The van der Waals surface area contributed by atoms with Crippen LogP contribution in [0.15, 0.2) is 11.8 Å². The van der Waals surface area contributed by atoms with E-state index in [4.69, 9.17) is 4.74 Å². The number of rotatable bonds is 2. The Hall–Kier alpha value is -0.790. The molecule has 2 heteroatoms. The van der Waals surface area contributed by atoms with Gasteiger partial charge in [0.2, 0.25) is 0 Å². The smallest absolute Gasteiger partial charge is 0.199 e. The van der Waals surface area contributed by atoms with Crippen LogP contribution >= 0.6 is 0 Å². The lowest BCUT2D eigenvalue weighted by molar-refractivity contribution is -0.116. The van der Waals surface area contributed by atoms with Crippen LogP contribution in [0.5, 0.6) is 0 Å². The van der Waals surface area contributed by atoms with E-state index in [1.807, 2.05) is 6.92 Å². The van der Waals surface area contributed by atoms with Crippen molar-refractivity contribution in [3.05, 3.63) is 11.8 Å². The van der Waals surface area contributed by atoms with Crippen LogP contribution < -0.4 is 0 Å². The molecule has 0 radical (unpaired) electrons. The number of hydrogen-bond donors (Lipinski definition) is 0. The van der Waals surface area contributed by atoms with E-state index >= 15 is 0 Å². The summed E-state index contributed by atoms with van der Waals surface area (Å²) < 4.78 is 4.81. The molecule has 9 heavy (non-hydrogen) atoms. The average Bonchev–Trinajstić information content (AvgIpc) is 2.18. The molecule has 0 aromatic rings. The first-order valence-electron chi connectivity index (χ1n) is 3.18. The van der Waals surface area contributed by atoms with Crippen LogP contribution in [0.4, 0.5) is 0 Å². The molecule has 1 aliphatic heterocycles. The van der Waals surface area contributed by atoms with E-state index in [9.17, 15) is 4.79 Å². The molecule has 1 heterocycles.